The average molecular weight is 374 g/mol. The molecular formula is C23H26N4O. The van der Waals surface area contributed by atoms with Gasteiger partial charge in [0.2, 0.25) is 5.95 Å². The molecule has 0 aliphatic rings. The lowest BCUT2D eigenvalue weighted by atomic mass is 10.1. The minimum absolute atomic E-state index is 0.107. The number of aromatic nitrogens is 2. The van der Waals surface area contributed by atoms with E-state index in [4.69, 9.17) is 0 Å². The van der Waals surface area contributed by atoms with Crippen LogP contribution in [0.4, 0.5) is 17.3 Å². The molecule has 1 amide bonds. The zero-order chi connectivity index (χ0) is 20.1. The molecule has 5 heteroatoms. The van der Waals surface area contributed by atoms with Gasteiger partial charge >= 0.3 is 0 Å². The van der Waals surface area contributed by atoms with Crippen molar-refractivity contribution in [2.75, 3.05) is 16.8 Å². The van der Waals surface area contributed by atoms with Crippen LogP contribution in [0, 0.1) is 13.8 Å². The first-order chi connectivity index (χ1) is 13.5. The second-order valence-electron chi connectivity index (χ2n) is 6.77. The number of anilines is 3. The van der Waals surface area contributed by atoms with Gasteiger partial charge in [-0.1, -0.05) is 37.3 Å². The number of amides is 1. The van der Waals surface area contributed by atoms with E-state index >= 15 is 0 Å². The van der Waals surface area contributed by atoms with E-state index in [1.165, 1.54) is 5.56 Å². The van der Waals surface area contributed by atoms with Gasteiger partial charge in [-0.25, -0.2) is 9.97 Å². The zero-order valence-corrected chi connectivity index (χ0v) is 16.9. The van der Waals surface area contributed by atoms with Gasteiger partial charge < -0.3 is 10.2 Å². The van der Waals surface area contributed by atoms with Gasteiger partial charge in [0.1, 0.15) is 0 Å². The molecular weight excluding hydrogens is 348 g/mol. The van der Waals surface area contributed by atoms with Gasteiger partial charge in [-0.05, 0) is 56.0 Å². The van der Waals surface area contributed by atoms with Gasteiger partial charge in [0, 0.05) is 30.3 Å². The number of aryl methyl sites for hydroxylation is 3. The molecule has 2 aromatic carbocycles. The number of benzene rings is 2. The highest BCUT2D eigenvalue weighted by Crippen LogP contribution is 2.24. The first kappa shape index (κ1) is 19.5. The van der Waals surface area contributed by atoms with Crippen molar-refractivity contribution in [2.24, 2.45) is 0 Å². The maximum Gasteiger partial charge on any atom is 0.261 e. The third kappa shape index (κ3) is 4.19. The Morgan fingerprint density at radius 3 is 2.39 bits per heavy atom. The number of carbonyl (C=O) groups excluding carboxylic acids is 1. The number of carbonyl (C=O) groups is 1. The second-order valence-corrected chi connectivity index (χ2v) is 6.77. The Labute approximate surface area is 166 Å². The quantitative estimate of drug-likeness (QED) is 0.655. The van der Waals surface area contributed by atoms with Crippen LogP contribution in [0.2, 0.25) is 0 Å². The minimum Gasteiger partial charge on any atom is -0.324 e. The third-order valence-electron chi connectivity index (χ3n) is 4.75. The molecule has 0 spiro atoms. The van der Waals surface area contributed by atoms with Gasteiger partial charge in [0.05, 0.1) is 5.56 Å². The SMILES string of the molecule is CCc1cccc(C)c1Nc1ncc(C(=O)N(CC)c2cccc(C)c2)cn1. The van der Waals surface area contributed by atoms with Crippen LogP contribution in [0.3, 0.4) is 0 Å². The lowest BCUT2D eigenvalue weighted by molar-refractivity contribution is 0.0987. The normalized spacial score (nSPS) is 10.6. The largest absolute Gasteiger partial charge is 0.324 e. The summed E-state index contributed by atoms with van der Waals surface area (Å²) in [6, 6.07) is 14.1. The second kappa shape index (κ2) is 8.65. The van der Waals surface area contributed by atoms with E-state index < -0.39 is 0 Å². The molecule has 144 valence electrons. The van der Waals surface area contributed by atoms with E-state index in [1.54, 1.807) is 17.3 Å². The predicted molar refractivity (Wildman–Crippen MR) is 114 cm³/mol. The van der Waals surface area contributed by atoms with Crippen LogP contribution in [0.25, 0.3) is 0 Å². The minimum atomic E-state index is -0.107. The highest BCUT2D eigenvalue weighted by atomic mass is 16.2. The maximum absolute atomic E-state index is 12.9. The molecule has 1 aromatic heterocycles. The number of hydrogen-bond acceptors (Lipinski definition) is 4. The first-order valence-corrected chi connectivity index (χ1v) is 9.59. The van der Waals surface area contributed by atoms with Gasteiger partial charge in [-0.3, -0.25) is 4.79 Å². The lowest BCUT2D eigenvalue weighted by Crippen LogP contribution is -2.30. The summed E-state index contributed by atoms with van der Waals surface area (Å²) in [7, 11) is 0. The number of nitrogens with one attached hydrogen (secondary N) is 1. The molecule has 0 saturated carbocycles. The molecule has 28 heavy (non-hydrogen) atoms. The van der Waals surface area contributed by atoms with Crippen LogP contribution < -0.4 is 10.2 Å². The van der Waals surface area contributed by atoms with Crippen molar-refractivity contribution in [2.45, 2.75) is 34.1 Å². The van der Waals surface area contributed by atoms with Crippen LogP contribution in [-0.2, 0) is 6.42 Å². The summed E-state index contributed by atoms with van der Waals surface area (Å²) in [5, 5.41) is 3.29. The predicted octanol–water partition coefficient (Wildman–Crippen LogP) is 5.07. The van der Waals surface area contributed by atoms with Crippen LogP contribution in [0.15, 0.2) is 54.9 Å². The summed E-state index contributed by atoms with van der Waals surface area (Å²) < 4.78 is 0. The van der Waals surface area contributed by atoms with Crippen molar-refractivity contribution in [3.05, 3.63) is 77.1 Å². The monoisotopic (exact) mass is 374 g/mol. The Morgan fingerprint density at radius 2 is 1.75 bits per heavy atom. The van der Waals surface area contributed by atoms with E-state index in [9.17, 15) is 4.79 Å². The summed E-state index contributed by atoms with van der Waals surface area (Å²) in [5.74, 6) is 0.379. The fraction of sp³-hybridized carbons (Fsp3) is 0.261. The van der Waals surface area contributed by atoms with E-state index in [0.29, 0.717) is 18.1 Å². The fourth-order valence-electron chi connectivity index (χ4n) is 3.21. The van der Waals surface area contributed by atoms with Gasteiger partial charge in [0.25, 0.3) is 5.91 Å². The Balaban J connectivity index is 1.81. The van der Waals surface area contributed by atoms with Crippen molar-refractivity contribution in [3.8, 4) is 0 Å². The van der Waals surface area contributed by atoms with E-state index in [1.807, 2.05) is 44.2 Å². The molecule has 0 bridgehead atoms. The van der Waals surface area contributed by atoms with Gasteiger partial charge in [-0.15, -0.1) is 0 Å². The summed E-state index contributed by atoms with van der Waals surface area (Å²) in [4.78, 5) is 23.4. The Kier molecular flexibility index (Phi) is 6.04. The van der Waals surface area contributed by atoms with Crippen LogP contribution in [0.1, 0.15) is 40.9 Å². The standard InChI is InChI=1S/C23H26N4O/c1-5-18-11-8-10-17(4)21(18)26-23-24-14-19(15-25-23)22(28)27(6-2)20-12-7-9-16(3)13-20/h7-15H,5-6H2,1-4H3,(H,24,25,26). The molecule has 0 aliphatic carbocycles. The first-order valence-electron chi connectivity index (χ1n) is 9.59. The highest BCUT2D eigenvalue weighted by molar-refractivity contribution is 6.05. The Morgan fingerprint density at radius 1 is 1.04 bits per heavy atom. The molecule has 0 radical (unpaired) electrons. The van der Waals surface area contributed by atoms with Crippen molar-refractivity contribution in [3.63, 3.8) is 0 Å². The molecule has 3 aromatic rings. The smallest absolute Gasteiger partial charge is 0.261 e. The van der Waals surface area contributed by atoms with Crippen molar-refractivity contribution in [1.29, 1.82) is 0 Å². The molecule has 1 N–H and O–H groups in total. The number of para-hydroxylation sites is 1. The molecule has 0 fully saturated rings. The topological polar surface area (TPSA) is 58.1 Å². The summed E-state index contributed by atoms with van der Waals surface area (Å²) in [6.45, 7) is 8.72. The molecule has 0 aliphatic heterocycles. The molecule has 1 heterocycles. The zero-order valence-electron chi connectivity index (χ0n) is 16.9. The fourth-order valence-corrected chi connectivity index (χ4v) is 3.21. The van der Waals surface area contributed by atoms with Crippen molar-refractivity contribution in [1.82, 2.24) is 9.97 Å². The highest BCUT2D eigenvalue weighted by Gasteiger charge is 2.17. The van der Waals surface area contributed by atoms with Crippen molar-refractivity contribution >= 4 is 23.2 Å². The lowest BCUT2D eigenvalue weighted by Gasteiger charge is -2.21. The van der Waals surface area contributed by atoms with E-state index in [2.05, 4.69) is 41.3 Å². The molecule has 0 atom stereocenters. The average Bonchev–Trinajstić information content (AvgIpc) is 2.70. The molecule has 3 rings (SSSR count). The van der Waals surface area contributed by atoms with E-state index in [-0.39, 0.29) is 5.91 Å². The summed E-state index contributed by atoms with van der Waals surface area (Å²) in [5.41, 5.74) is 5.83. The number of rotatable bonds is 6. The maximum atomic E-state index is 12.9. The molecule has 5 nitrogen and oxygen atoms in total. The van der Waals surface area contributed by atoms with Crippen LogP contribution in [0.5, 0.6) is 0 Å². The van der Waals surface area contributed by atoms with Crippen LogP contribution in [-0.4, -0.2) is 22.4 Å². The van der Waals surface area contributed by atoms with Crippen molar-refractivity contribution < 1.29 is 4.79 Å². The molecule has 0 saturated heterocycles. The third-order valence-corrected chi connectivity index (χ3v) is 4.75. The Hall–Kier alpha value is -3.21. The van der Waals surface area contributed by atoms with Gasteiger partial charge in [-0.2, -0.15) is 0 Å². The number of nitrogens with zero attached hydrogens (tertiary/aromatic N) is 3. The van der Waals surface area contributed by atoms with Crippen LogP contribution >= 0.6 is 0 Å². The van der Waals surface area contributed by atoms with Gasteiger partial charge in [0.15, 0.2) is 0 Å². The summed E-state index contributed by atoms with van der Waals surface area (Å²) >= 11 is 0. The number of hydrogen-bond donors (Lipinski definition) is 1. The summed E-state index contributed by atoms with van der Waals surface area (Å²) in [6.07, 6.45) is 4.09. The molecule has 0 unspecified atom stereocenters. The Bertz CT molecular complexity index is 967. The van der Waals surface area contributed by atoms with E-state index in [0.717, 1.165) is 28.9 Å².